The van der Waals surface area contributed by atoms with Crippen LogP contribution in [0.25, 0.3) is 0 Å². The Morgan fingerprint density at radius 3 is 2.37 bits per heavy atom. The molecule has 3 nitrogen and oxygen atoms in total. The predicted molar refractivity (Wildman–Crippen MR) is 74.6 cm³/mol. The average molecular weight is 258 g/mol. The molecule has 2 N–H and O–H groups in total. The summed E-state index contributed by atoms with van der Waals surface area (Å²) in [6, 6.07) is 14.8. The highest BCUT2D eigenvalue weighted by Crippen LogP contribution is 2.26. The van der Waals surface area contributed by atoms with Crippen LogP contribution in [0.3, 0.4) is 0 Å². The van der Waals surface area contributed by atoms with Crippen LogP contribution in [0, 0.1) is 6.92 Å². The number of hydrogen-bond donors (Lipinski definition) is 2. The molecular weight excluding hydrogens is 240 g/mol. The summed E-state index contributed by atoms with van der Waals surface area (Å²) >= 11 is 0. The number of aromatic hydroxyl groups is 1. The first-order chi connectivity index (χ1) is 9.20. The first-order valence-corrected chi connectivity index (χ1v) is 6.29. The predicted octanol–water partition coefficient (Wildman–Crippen LogP) is 2.86. The van der Waals surface area contributed by atoms with Crippen molar-refractivity contribution in [3.05, 3.63) is 59.7 Å². The number of hydrogen-bond acceptors (Lipinski definition) is 3. The van der Waals surface area contributed by atoms with E-state index in [-0.39, 0.29) is 18.3 Å². The lowest BCUT2D eigenvalue weighted by molar-refractivity contribution is 0.201. The molecule has 2 rings (SSSR count). The van der Waals surface area contributed by atoms with Crippen molar-refractivity contribution in [2.24, 2.45) is 0 Å². The summed E-state index contributed by atoms with van der Waals surface area (Å²) in [6.07, 6.45) is 0. The maximum absolute atomic E-state index is 9.62. The minimum Gasteiger partial charge on any atom is -0.504 e. The maximum Gasteiger partial charge on any atom is 0.160 e. The summed E-state index contributed by atoms with van der Waals surface area (Å²) in [7, 11) is 0. The lowest BCUT2D eigenvalue weighted by Crippen LogP contribution is -2.14. The Labute approximate surface area is 113 Å². The second-order valence-corrected chi connectivity index (χ2v) is 4.57. The van der Waals surface area contributed by atoms with E-state index in [1.807, 2.05) is 31.2 Å². The first kappa shape index (κ1) is 13.4. The van der Waals surface area contributed by atoms with Crippen LogP contribution in [-0.4, -0.2) is 23.4 Å². The van der Waals surface area contributed by atoms with Gasteiger partial charge in [-0.05, 0) is 24.6 Å². The van der Waals surface area contributed by atoms with Gasteiger partial charge in [0.2, 0.25) is 0 Å². The minimum absolute atomic E-state index is 0.0106. The van der Waals surface area contributed by atoms with Gasteiger partial charge in [-0.2, -0.15) is 0 Å². The van der Waals surface area contributed by atoms with Crippen molar-refractivity contribution in [3.8, 4) is 11.5 Å². The first-order valence-electron chi connectivity index (χ1n) is 6.29. The number of aliphatic hydroxyl groups excluding tert-OH is 1. The molecule has 0 aliphatic rings. The zero-order chi connectivity index (χ0) is 13.7. The van der Waals surface area contributed by atoms with Crippen molar-refractivity contribution >= 4 is 0 Å². The van der Waals surface area contributed by atoms with Crippen molar-refractivity contribution in [1.29, 1.82) is 0 Å². The van der Waals surface area contributed by atoms with Gasteiger partial charge in [-0.15, -0.1) is 0 Å². The molecule has 0 aromatic heterocycles. The van der Waals surface area contributed by atoms with E-state index in [0.717, 1.165) is 5.56 Å². The van der Waals surface area contributed by atoms with E-state index < -0.39 is 0 Å². The Bertz CT molecular complexity index is 520. The quantitative estimate of drug-likeness (QED) is 0.867. The molecule has 0 aliphatic heterocycles. The number of rotatable bonds is 5. The lowest BCUT2D eigenvalue weighted by Gasteiger charge is -2.16. The number of phenols is 1. The molecule has 100 valence electrons. The summed E-state index contributed by atoms with van der Waals surface area (Å²) in [4.78, 5) is 0. The van der Waals surface area contributed by atoms with Gasteiger partial charge in [0, 0.05) is 5.92 Å². The van der Waals surface area contributed by atoms with Gasteiger partial charge in [0.1, 0.15) is 0 Å². The molecular formula is C16H18O3. The summed E-state index contributed by atoms with van der Waals surface area (Å²) < 4.78 is 5.56. The molecule has 0 spiro atoms. The average Bonchev–Trinajstić information content (AvgIpc) is 2.43. The van der Waals surface area contributed by atoms with Crippen molar-refractivity contribution in [1.82, 2.24) is 0 Å². The Hall–Kier alpha value is -2.00. The van der Waals surface area contributed by atoms with Crippen LogP contribution in [-0.2, 0) is 0 Å². The SMILES string of the molecule is Cc1ccc(C(CO)COc2ccccc2O)cc1. The lowest BCUT2D eigenvalue weighted by atomic mass is 10.00. The van der Waals surface area contributed by atoms with E-state index in [1.54, 1.807) is 24.3 Å². The van der Waals surface area contributed by atoms with Crippen molar-refractivity contribution in [2.45, 2.75) is 12.8 Å². The highest BCUT2D eigenvalue weighted by atomic mass is 16.5. The van der Waals surface area contributed by atoms with Crippen LogP contribution in [0.2, 0.25) is 0 Å². The zero-order valence-electron chi connectivity index (χ0n) is 10.9. The van der Waals surface area contributed by atoms with Crippen LogP contribution in [0.1, 0.15) is 17.0 Å². The Morgan fingerprint density at radius 1 is 1.05 bits per heavy atom. The number of benzene rings is 2. The molecule has 1 unspecified atom stereocenters. The number of para-hydroxylation sites is 2. The van der Waals surface area contributed by atoms with Crippen molar-refractivity contribution in [3.63, 3.8) is 0 Å². The molecule has 2 aromatic rings. The van der Waals surface area contributed by atoms with Crippen LogP contribution < -0.4 is 4.74 Å². The summed E-state index contributed by atoms with van der Waals surface area (Å²) in [5.41, 5.74) is 2.21. The standard InChI is InChI=1S/C16H18O3/c1-12-6-8-13(9-7-12)14(10-17)11-19-16-5-3-2-4-15(16)18/h2-9,14,17-18H,10-11H2,1H3. The molecule has 19 heavy (non-hydrogen) atoms. The minimum atomic E-state index is -0.0970. The third-order valence-electron chi connectivity index (χ3n) is 3.07. The van der Waals surface area contributed by atoms with Gasteiger partial charge >= 0.3 is 0 Å². The Morgan fingerprint density at radius 2 is 1.74 bits per heavy atom. The second kappa shape index (κ2) is 6.25. The number of aryl methyl sites for hydroxylation is 1. The molecule has 2 aromatic carbocycles. The van der Waals surface area contributed by atoms with Crippen LogP contribution in [0.15, 0.2) is 48.5 Å². The smallest absolute Gasteiger partial charge is 0.160 e. The van der Waals surface area contributed by atoms with E-state index in [9.17, 15) is 10.2 Å². The highest BCUT2D eigenvalue weighted by molar-refractivity contribution is 5.38. The number of phenolic OH excluding ortho intramolecular Hbond substituents is 1. The highest BCUT2D eigenvalue weighted by Gasteiger charge is 2.12. The van der Waals surface area contributed by atoms with Crippen LogP contribution in [0.5, 0.6) is 11.5 Å². The number of aliphatic hydroxyl groups is 1. The van der Waals surface area contributed by atoms with Gasteiger partial charge in [0.05, 0.1) is 13.2 Å². The second-order valence-electron chi connectivity index (χ2n) is 4.57. The van der Waals surface area contributed by atoms with Crippen LogP contribution in [0.4, 0.5) is 0 Å². The Kier molecular flexibility index (Phi) is 4.42. The molecule has 0 fully saturated rings. The topological polar surface area (TPSA) is 49.7 Å². The fourth-order valence-corrected chi connectivity index (χ4v) is 1.86. The molecule has 3 heteroatoms. The third-order valence-corrected chi connectivity index (χ3v) is 3.07. The Balaban J connectivity index is 2.04. The van der Waals surface area contributed by atoms with E-state index in [1.165, 1.54) is 5.56 Å². The summed E-state index contributed by atoms with van der Waals surface area (Å²) in [6.45, 7) is 2.37. The van der Waals surface area contributed by atoms with Gasteiger partial charge in [0.25, 0.3) is 0 Å². The molecule has 1 atom stereocenters. The van der Waals surface area contributed by atoms with E-state index >= 15 is 0 Å². The summed E-state index contributed by atoms with van der Waals surface area (Å²) in [5, 5.41) is 19.1. The van der Waals surface area contributed by atoms with Gasteiger partial charge in [0.15, 0.2) is 11.5 Å². The molecule has 0 saturated heterocycles. The molecule has 0 bridgehead atoms. The van der Waals surface area contributed by atoms with Gasteiger partial charge in [-0.3, -0.25) is 0 Å². The normalized spacial score (nSPS) is 12.1. The van der Waals surface area contributed by atoms with Crippen molar-refractivity contribution < 1.29 is 14.9 Å². The molecule has 0 radical (unpaired) electrons. The monoisotopic (exact) mass is 258 g/mol. The van der Waals surface area contributed by atoms with E-state index in [2.05, 4.69) is 0 Å². The summed E-state index contributed by atoms with van der Waals surface area (Å²) in [5.74, 6) is 0.455. The fraction of sp³-hybridized carbons (Fsp3) is 0.250. The van der Waals surface area contributed by atoms with Crippen LogP contribution >= 0.6 is 0 Å². The molecule has 0 heterocycles. The molecule has 0 aliphatic carbocycles. The molecule has 0 saturated carbocycles. The third kappa shape index (κ3) is 3.48. The zero-order valence-corrected chi connectivity index (χ0v) is 10.9. The van der Waals surface area contributed by atoms with Crippen molar-refractivity contribution in [2.75, 3.05) is 13.2 Å². The van der Waals surface area contributed by atoms with Gasteiger partial charge in [-0.25, -0.2) is 0 Å². The van der Waals surface area contributed by atoms with Gasteiger partial charge in [-0.1, -0.05) is 42.0 Å². The fourth-order valence-electron chi connectivity index (χ4n) is 1.86. The van der Waals surface area contributed by atoms with Gasteiger partial charge < -0.3 is 14.9 Å². The van der Waals surface area contributed by atoms with E-state index in [0.29, 0.717) is 12.4 Å². The number of ether oxygens (including phenoxy) is 1. The van der Waals surface area contributed by atoms with E-state index in [4.69, 9.17) is 4.74 Å². The molecule has 0 amide bonds. The maximum atomic E-state index is 9.62. The largest absolute Gasteiger partial charge is 0.504 e.